The first-order chi connectivity index (χ1) is 16.4. The number of esters is 1. The van der Waals surface area contributed by atoms with Crippen LogP contribution in [-0.4, -0.2) is 40.8 Å². The highest BCUT2D eigenvalue weighted by atomic mass is 16.5. The lowest BCUT2D eigenvalue weighted by Gasteiger charge is -2.61. The SMILES string of the molecule is C#C.C=C.C=C.CC(=O)OCC(=O)C(C)[C@@]1(C)C[C@H](O)C2[C@@H](C[C@H](C)C3=CC(=O)C=C[C@@]32C)C1C.O. The Kier molecular flexibility index (Phi) is 14.5. The number of aliphatic hydroxyl groups is 1. The van der Waals surface area contributed by atoms with Crippen molar-refractivity contribution < 1.29 is 29.7 Å². The molecule has 0 aromatic rings. The molecule has 36 heavy (non-hydrogen) atoms. The molecule has 2 saturated carbocycles. The van der Waals surface area contributed by atoms with Crippen LogP contribution in [0.2, 0.25) is 0 Å². The standard InChI is InChI=1S/C24H34O5.2C2H4.C2H2.H2O/c1-13-9-18-14(2)24(6,15(3)21(28)12-29-16(4)25)11-20(27)22(18)23(5)8-7-17(26)10-19(13)23;3*1-2;/h7-8,10,13-15,18,20,22,27H,9,11-12H2,1-6H3;2*1-2H2;1-2H;1H2/t13-,14?,15?,18-,20-,22?,23-,24-;;;;/m0..../s1. The Bertz CT molecular complexity index is 853. The Labute approximate surface area is 217 Å². The number of Topliss-reactive ketones (excluding diaryl/α,β-unsaturated/α-hetero) is 1. The highest BCUT2D eigenvalue weighted by molar-refractivity contribution is 6.01. The number of allylic oxidation sites excluding steroid dienone is 4. The predicted molar refractivity (Wildman–Crippen MR) is 146 cm³/mol. The molecule has 0 aromatic carbocycles. The molecule has 0 saturated heterocycles. The monoisotopic (exact) mass is 502 g/mol. The lowest BCUT2D eigenvalue weighted by molar-refractivity contribution is -0.157. The fourth-order valence-corrected chi connectivity index (χ4v) is 6.50. The van der Waals surface area contributed by atoms with E-state index in [9.17, 15) is 19.5 Å². The average Bonchev–Trinajstić information content (AvgIpc) is 2.85. The van der Waals surface area contributed by atoms with Gasteiger partial charge in [0.05, 0.1) is 6.10 Å². The van der Waals surface area contributed by atoms with Crippen LogP contribution in [0, 0.1) is 53.3 Å². The zero-order chi connectivity index (χ0) is 27.7. The van der Waals surface area contributed by atoms with Crippen LogP contribution < -0.4 is 0 Å². The molecule has 0 spiro atoms. The zero-order valence-electron chi connectivity index (χ0n) is 22.9. The van der Waals surface area contributed by atoms with Crippen molar-refractivity contribution in [3.63, 3.8) is 0 Å². The van der Waals surface area contributed by atoms with E-state index < -0.39 is 12.1 Å². The van der Waals surface area contributed by atoms with Crippen LogP contribution in [0.15, 0.2) is 50.1 Å². The van der Waals surface area contributed by atoms with Gasteiger partial charge in [0.15, 0.2) is 11.6 Å². The van der Waals surface area contributed by atoms with Gasteiger partial charge in [0.2, 0.25) is 0 Å². The number of ether oxygens (including phenoxy) is 1. The highest BCUT2D eigenvalue weighted by Gasteiger charge is 2.59. The number of fused-ring (bicyclic) bond motifs is 3. The minimum absolute atomic E-state index is 0. The van der Waals surface area contributed by atoms with Gasteiger partial charge in [-0.1, -0.05) is 46.3 Å². The summed E-state index contributed by atoms with van der Waals surface area (Å²) in [5.74, 6) is -0.140. The van der Waals surface area contributed by atoms with E-state index in [4.69, 9.17) is 4.74 Å². The van der Waals surface area contributed by atoms with Crippen LogP contribution in [0.5, 0.6) is 0 Å². The first kappa shape index (κ1) is 35.4. The summed E-state index contributed by atoms with van der Waals surface area (Å²) in [6.07, 6.45) is 14.2. The molecule has 3 rings (SSSR count). The number of terminal acetylenes is 1. The predicted octanol–water partition coefficient (Wildman–Crippen LogP) is 4.53. The van der Waals surface area contributed by atoms with Crippen molar-refractivity contribution in [3.8, 4) is 12.8 Å². The van der Waals surface area contributed by atoms with Crippen LogP contribution in [0.4, 0.5) is 0 Å². The Morgan fingerprint density at radius 1 is 1.19 bits per heavy atom. The fourth-order valence-electron chi connectivity index (χ4n) is 6.50. The second-order valence-corrected chi connectivity index (χ2v) is 9.98. The molecule has 3 aliphatic rings. The molecule has 0 bridgehead atoms. The van der Waals surface area contributed by atoms with Crippen molar-refractivity contribution in [2.24, 2.45) is 40.4 Å². The molecule has 6 nitrogen and oxygen atoms in total. The summed E-state index contributed by atoms with van der Waals surface area (Å²) < 4.78 is 4.94. The second kappa shape index (κ2) is 14.7. The molecule has 0 heterocycles. The molecule has 0 amide bonds. The van der Waals surface area contributed by atoms with E-state index in [1.807, 2.05) is 13.0 Å². The number of rotatable bonds is 4. The van der Waals surface area contributed by atoms with Gasteiger partial charge in [0, 0.05) is 24.2 Å². The fraction of sp³-hybridized carbons (Fsp3) is 0.567. The van der Waals surface area contributed by atoms with Crippen LogP contribution in [0.1, 0.15) is 54.4 Å². The maximum absolute atomic E-state index is 12.7. The molecule has 202 valence electrons. The molecule has 0 aliphatic heterocycles. The molecule has 0 aromatic heterocycles. The quantitative estimate of drug-likeness (QED) is 0.345. The third kappa shape index (κ3) is 6.72. The van der Waals surface area contributed by atoms with Crippen molar-refractivity contribution >= 4 is 17.5 Å². The largest absolute Gasteiger partial charge is 0.458 e. The van der Waals surface area contributed by atoms with Gasteiger partial charge in [-0.3, -0.25) is 14.4 Å². The van der Waals surface area contributed by atoms with E-state index in [0.717, 1.165) is 12.0 Å². The van der Waals surface area contributed by atoms with Gasteiger partial charge >= 0.3 is 5.97 Å². The summed E-state index contributed by atoms with van der Waals surface area (Å²) in [4.78, 5) is 35.8. The normalized spacial score (nSPS) is 34.4. The van der Waals surface area contributed by atoms with E-state index in [1.54, 1.807) is 12.2 Å². The Hall–Kier alpha value is -2.75. The van der Waals surface area contributed by atoms with Crippen LogP contribution >= 0.6 is 0 Å². The Balaban J connectivity index is 0. The molecule has 8 atom stereocenters. The minimum Gasteiger partial charge on any atom is -0.458 e. The van der Waals surface area contributed by atoms with Gasteiger partial charge in [-0.2, -0.15) is 0 Å². The summed E-state index contributed by atoms with van der Waals surface area (Å²) in [5, 5.41) is 11.3. The number of hydrogen-bond donors (Lipinski definition) is 1. The lowest BCUT2D eigenvalue weighted by atomic mass is 9.44. The van der Waals surface area contributed by atoms with E-state index in [-0.39, 0.29) is 64.1 Å². The Morgan fingerprint density at radius 3 is 2.22 bits per heavy atom. The molecule has 0 radical (unpaired) electrons. The van der Waals surface area contributed by atoms with Crippen LogP contribution in [0.3, 0.4) is 0 Å². The first-order valence-electron chi connectivity index (χ1n) is 12.0. The first-order valence-corrected chi connectivity index (χ1v) is 12.0. The van der Waals surface area contributed by atoms with Crippen molar-refractivity contribution in [2.45, 2.75) is 60.5 Å². The number of carbonyl (C=O) groups is 3. The topological polar surface area (TPSA) is 112 Å². The summed E-state index contributed by atoms with van der Waals surface area (Å²) in [5.41, 5.74) is 0.402. The lowest BCUT2D eigenvalue weighted by Crippen LogP contribution is -2.58. The molecule has 3 aliphatic carbocycles. The number of aliphatic hydroxyl groups excluding tert-OH is 1. The summed E-state index contributed by atoms with van der Waals surface area (Å²) in [6, 6.07) is 0. The van der Waals surface area contributed by atoms with E-state index >= 15 is 0 Å². The average molecular weight is 503 g/mol. The van der Waals surface area contributed by atoms with Gasteiger partial charge in [-0.05, 0) is 48.2 Å². The molecule has 6 heteroatoms. The van der Waals surface area contributed by atoms with E-state index in [1.165, 1.54) is 6.92 Å². The Morgan fingerprint density at radius 2 is 1.72 bits per heavy atom. The van der Waals surface area contributed by atoms with Crippen LogP contribution in [-0.2, 0) is 19.1 Å². The molecule has 3 unspecified atom stereocenters. The third-order valence-corrected chi connectivity index (χ3v) is 8.46. The summed E-state index contributed by atoms with van der Waals surface area (Å²) >= 11 is 0. The van der Waals surface area contributed by atoms with E-state index in [0.29, 0.717) is 6.42 Å². The maximum atomic E-state index is 12.7. The number of hydrogen-bond acceptors (Lipinski definition) is 5. The molecule has 2 fully saturated rings. The van der Waals surface area contributed by atoms with Crippen molar-refractivity contribution in [3.05, 3.63) is 50.1 Å². The third-order valence-electron chi connectivity index (χ3n) is 8.46. The second-order valence-electron chi connectivity index (χ2n) is 9.98. The smallest absolute Gasteiger partial charge is 0.303 e. The van der Waals surface area contributed by atoms with Gasteiger partial charge in [-0.25, -0.2) is 0 Å². The number of carbonyl (C=O) groups excluding carboxylic acids is 3. The highest BCUT2D eigenvalue weighted by Crippen LogP contribution is 2.63. The molecule has 3 N–H and O–H groups in total. The summed E-state index contributed by atoms with van der Waals surface area (Å²) in [7, 11) is 0. The maximum Gasteiger partial charge on any atom is 0.303 e. The summed E-state index contributed by atoms with van der Waals surface area (Å²) in [6.45, 7) is 23.6. The van der Waals surface area contributed by atoms with Gasteiger partial charge in [-0.15, -0.1) is 39.2 Å². The minimum atomic E-state index is -0.566. The van der Waals surface area contributed by atoms with Gasteiger partial charge < -0.3 is 15.3 Å². The molecular weight excluding hydrogens is 456 g/mol. The van der Waals surface area contributed by atoms with Crippen molar-refractivity contribution in [1.82, 2.24) is 0 Å². The number of ketones is 2. The van der Waals surface area contributed by atoms with Crippen LogP contribution in [0.25, 0.3) is 0 Å². The zero-order valence-corrected chi connectivity index (χ0v) is 22.9. The molecular formula is C30H46O6. The van der Waals surface area contributed by atoms with Gasteiger partial charge in [0.1, 0.15) is 6.61 Å². The van der Waals surface area contributed by atoms with Crippen molar-refractivity contribution in [2.75, 3.05) is 6.61 Å². The van der Waals surface area contributed by atoms with Crippen molar-refractivity contribution in [1.29, 1.82) is 0 Å². The van der Waals surface area contributed by atoms with E-state index in [2.05, 4.69) is 66.9 Å². The van der Waals surface area contributed by atoms with Gasteiger partial charge in [0.25, 0.3) is 0 Å².